The van der Waals surface area contributed by atoms with Crippen molar-refractivity contribution < 1.29 is 31.2 Å². The van der Waals surface area contributed by atoms with Crippen LogP contribution in [0.5, 0.6) is 0 Å². The van der Waals surface area contributed by atoms with Crippen LogP contribution in [-0.2, 0) is 29.2 Å². The summed E-state index contributed by atoms with van der Waals surface area (Å²) in [7, 11) is 0. The highest BCUT2D eigenvalue weighted by Crippen LogP contribution is 2.38. The van der Waals surface area contributed by atoms with Crippen LogP contribution in [0.25, 0.3) is 0 Å². The number of halogens is 1. The van der Waals surface area contributed by atoms with Crippen molar-refractivity contribution in [3.05, 3.63) is 22.5 Å². The predicted octanol–water partition coefficient (Wildman–Crippen LogP) is 1.79. The van der Waals surface area contributed by atoms with Gasteiger partial charge in [-0.25, -0.2) is 14.0 Å². The van der Waals surface area contributed by atoms with Gasteiger partial charge in [0.05, 0.1) is 18.9 Å². The first kappa shape index (κ1) is 20.8. The smallest absolute Gasteiger partial charge is 0.412 e. The van der Waals surface area contributed by atoms with Crippen molar-refractivity contribution in [2.45, 2.75) is 64.1 Å². The molecule has 0 bridgehead atoms. The molecule has 2 aliphatic heterocycles. The summed E-state index contributed by atoms with van der Waals surface area (Å²) >= 11 is -1.96. The number of nitrogens with zero attached hydrogens (tertiary/aromatic N) is 2. The average Bonchev–Trinajstić information content (AvgIpc) is 3.16. The first-order chi connectivity index (χ1) is 13.4. The van der Waals surface area contributed by atoms with E-state index in [1.165, 1.54) is 0 Å². The number of aromatic nitrogens is 2. The van der Waals surface area contributed by atoms with Crippen LogP contribution in [0.1, 0.15) is 45.8 Å². The molecule has 3 heterocycles. The van der Waals surface area contributed by atoms with Gasteiger partial charge in [-0.05, 0) is 13.3 Å². The van der Waals surface area contributed by atoms with E-state index < -0.39 is 59.3 Å². The van der Waals surface area contributed by atoms with E-state index in [0.717, 1.165) is 30.0 Å². The summed E-state index contributed by atoms with van der Waals surface area (Å²) in [5, 5.41) is 2.12. The molecule has 1 amide bonds. The molecule has 0 spiro atoms. The number of carbonyl (C=O) groups is 1. The van der Waals surface area contributed by atoms with Crippen molar-refractivity contribution >= 4 is 23.3 Å². The van der Waals surface area contributed by atoms with Crippen LogP contribution >= 0.6 is 0 Å². The Balaban J connectivity index is 1.66. The summed E-state index contributed by atoms with van der Waals surface area (Å²) in [6.45, 7) is 3.91. The molecule has 28 heavy (non-hydrogen) atoms. The molecule has 0 aromatic carbocycles. The van der Waals surface area contributed by atoms with Crippen LogP contribution in [0, 0.1) is 5.82 Å². The zero-order valence-corrected chi connectivity index (χ0v) is 16.3. The molecule has 1 aromatic heterocycles. The molecular weight excluding hydrogens is 397 g/mol. The van der Waals surface area contributed by atoms with Gasteiger partial charge < -0.3 is 9.47 Å². The number of nitrogens with one attached hydrogen (secondary N) is 1. The Morgan fingerprint density at radius 3 is 2.86 bits per heavy atom. The summed E-state index contributed by atoms with van der Waals surface area (Å²) in [6.07, 6.45) is 0.583. The molecule has 2 saturated heterocycles. The minimum atomic E-state index is -1.96. The average molecular weight is 419 g/mol. The van der Waals surface area contributed by atoms with E-state index in [4.69, 9.17) is 17.8 Å². The number of hydrogen-bond acceptors (Lipinski definition) is 8. The third-order valence-corrected chi connectivity index (χ3v) is 5.19. The topological polar surface area (TPSA) is 118 Å². The SMILES string of the molecule is CCCCCCOC(=O)Nc1nc(=O)n([C@@H]2O[C@H](C)[C@H]3OS(=O)O[C@H]32)cc1F. The van der Waals surface area contributed by atoms with Crippen LogP contribution < -0.4 is 11.0 Å². The lowest BCUT2D eigenvalue weighted by molar-refractivity contribution is -0.0311. The monoisotopic (exact) mass is 419 g/mol. The number of unbranched alkanes of at least 4 members (excludes halogenated alkanes) is 3. The lowest BCUT2D eigenvalue weighted by Crippen LogP contribution is -2.35. The number of ether oxygens (including phenoxy) is 2. The molecular formula is C16H22FN3O7S. The Morgan fingerprint density at radius 2 is 2.11 bits per heavy atom. The zero-order chi connectivity index (χ0) is 20.3. The summed E-state index contributed by atoms with van der Waals surface area (Å²) in [5.74, 6) is -1.50. The van der Waals surface area contributed by atoms with Crippen LogP contribution in [-0.4, -0.2) is 44.8 Å². The van der Waals surface area contributed by atoms with Gasteiger partial charge in [0.2, 0.25) is 0 Å². The molecule has 0 saturated carbocycles. The van der Waals surface area contributed by atoms with Gasteiger partial charge in [-0.1, -0.05) is 26.2 Å². The van der Waals surface area contributed by atoms with Crippen LogP contribution in [0.3, 0.4) is 0 Å². The van der Waals surface area contributed by atoms with E-state index in [-0.39, 0.29) is 6.61 Å². The quantitative estimate of drug-likeness (QED) is 0.665. The van der Waals surface area contributed by atoms with Gasteiger partial charge in [-0.2, -0.15) is 9.19 Å². The third kappa shape index (κ3) is 4.57. The fraction of sp³-hybridized carbons (Fsp3) is 0.688. The van der Waals surface area contributed by atoms with Crippen molar-refractivity contribution in [3.63, 3.8) is 0 Å². The molecule has 2 aliphatic rings. The standard InChI is InChI=1S/C16H22FN3O7S/c1-3-4-5-6-7-24-16(22)19-13-10(17)8-20(15(21)18-13)14-12-11(9(2)25-14)26-28(23)27-12/h8-9,11-12,14H,3-7H2,1-2H3,(H,18,19,21,22)/t9-,11-,12-,14-,28?/m1/s1. The van der Waals surface area contributed by atoms with Crippen LogP contribution in [0.15, 0.2) is 11.0 Å². The van der Waals surface area contributed by atoms with E-state index in [1.54, 1.807) is 6.92 Å². The Labute approximate surface area is 163 Å². The maximum Gasteiger partial charge on any atom is 0.412 e. The van der Waals surface area contributed by atoms with Gasteiger partial charge in [-0.15, -0.1) is 0 Å². The van der Waals surface area contributed by atoms with E-state index >= 15 is 0 Å². The summed E-state index contributed by atoms with van der Waals surface area (Å²) in [4.78, 5) is 27.6. The molecule has 5 atom stereocenters. The van der Waals surface area contributed by atoms with Gasteiger partial charge >= 0.3 is 23.1 Å². The maximum absolute atomic E-state index is 14.4. The number of amides is 1. The number of hydrogen-bond donors (Lipinski definition) is 1. The Bertz CT molecular complexity index is 805. The van der Waals surface area contributed by atoms with E-state index in [1.807, 2.05) is 0 Å². The van der Waals surface area contributed by atoms with Gasteiger partial charge in [-0.3, -0.25) is 18.3 Å². The first-order valence-electron chi connectivity index (χ1n) is 9.04. The second kappa shape index (κ2) is 9.07. The molecule has 156 valence electrons. The minimum absolute atomic E-state index is 0.190. The fourth-order valence-corrected chi connectivity index (χ4v) is 3.89. The zero-order valence-electron chi connectivity index (χ0n) is 15.5. The normalized spacial score (nSPS) is 28.9. The molecule has 10 nitrogen and oxygen atoms in total. The number of anilines is 1. The number of rotatable bonds is 7. The number of carbonyl (C=O) groups excluding carboxylic acids is 1. The predicted molar refractivity (Wildman–Crippen MR) is 95.0 cm³/mol. The largest absolute Gasteiger partial charge is 0.449 e. The fourth-order valence-electron chi connectivity index (χ4n) is 3.01. The molecule has 3 rings (SSSR count). The van der Waals surface area contributed by atoms with E-state index in [2.05, 4.69) is 17.2 Å². The third-order valence-electron chi connectivity index (χ3n) is 4.43. The first-order valence-corrected chi connectivity index (χ1v) is 10.0. The second-order valence-corrected chi connectivity index (χ2v) is 7.30. The molecule has 2 fully saturated rings. The van der Waals surface area contributed by atoms with Gasteiger partial charge in [0.1, 0.15) is 6.10 Å². The Kier molecular flexibility index (Phi) is 6.75. The summed E-state index contributed by atoms with van der Waals surface area (Å²) in [5.41, 5.74) is -0.876. The van der Waals surface area contributed by atoms with Crippen molar-refractivity contribution in [3.8, 4) is 0 Å². The van der Waals surface area contributed by atoms with Gasteiger partial charge in [0.25, 0.3) is 0 Å². The molecule has 12 heteroatoms. The highest BCUT2D eigenvalue weighted by Gasteiger charge is 2.52. The lowest BCUT2D eigenvalue weighted by atomic mass is 10.1. The van der Waals surface area contributed by atoms with Crippen LogP contribution in [0.4, 0.5) is 15.0 Å². The van der Waals surface area contributed by atoms with E-state index in [9.17, 15) is 18.2 Å². The van der Waals surface area contributed by atoms with E-state index in [0.29, 0.717) is 6.42 Å². The Hall–Kier alpha value is -1.89. The molecule has 1 aromatic rings. The Morgan fingerprint density at radius 1 is 1.36 bits per heavy atom. The molecule has 0 radical (unpaired) electrons. The summed E-state index contributed by atoms with van der Waals surface area (Å²) < 4.78 is 47.4. The maximum atomic E-state index is 14.4. The van der Waals surface area contributed by atoms with Crippen molar-refractivity contribution in [1.29, 1.82) is 0 Å². The van der Waals surface area contributed by atoms with Crippen molar-refractivity contribution in [2.24, 2.45) is 0 Å². The van der Waals surface area contributed by atoms with Gasteiger partial charge in [0, 0.05) is 0 Å². The van der Waals surface area contributed by atoms with Crippen molar-refractivity contribution in [1.82, 2.24) is 9.55 Å². The highest BCUT2D eigenvalue weighted by atomic mass is 32.2. The van der Waals surface area contributed by atoms with Crippen molar-refractivity contribution in [2.75, 3.05) is 11.9 Å². The van der Waals surface area contributed by atoms with Crippen LogP contribution in [0.2, 0.25) is 0 Å². The summed E-state index contributed by atoms with van der Waals surface area (Å²) in [6, 6.07) is 0. The lowest BCUT2D eigenvalue weighted by Gasteiger charge is -2.18. The second-order valence-electron chi connectivity index (χ2n) is 6.51. The molecule has 1 N–H and O–H groups in total. The highest BCUT2D eigenvalue weighted by molar-refractivity contribution is 7.75. The number of fused-ring (bicyclic) bond motifs is 1. The molecule has 0 aliphatic carbocycles. The van der Waals surface area contributed by atoms with Gasteiger partial charge in [0.15, 0.2) is 24.0 Å². The minimum Gasteiger partial charge on any atom is -0.449 e. The molecule has 1 unspecified atom stereocenters.